The van der Waals surface area contributed by atoms with Gasteiger partial charge in [0.15, 0.2) is 0 Å². The van der Waals surface area contributed by atoms with Crippen molar-refractivity contribution in [2.24, 2.45) is 5.73 Å². The second-order valence-electron chi connectivity index (χ2n) is 5.19. The molecule has 2 heterocycles. The summed E-state index contributed by atoms with van der Waals surface area (Å²) >= 11 is 0. The second kappa shape index (κ2) is 4.24. The number of morpholine rings is 1. The molecule has 0 radical (unpaired) electrons. The van der Waals surface area contributed by atoms with Crippen molar-refractivity contribution in [2.45, 2.75) is 24.0 Å². The highest BCUT2D eigenvalue weighted by Gasteiger charge is 2.53. The maximum Gasteiger partial charge on any atom is 0.259 e. The van der Waals surface area contributed by atoms with Gasteiger partial charge in [0.05, 0.1) is 12.3 Å². The van der Waals surface area contributed by atoms with Crippen molar-refractivity contribution in [3.8, 4) is 0 Å². The van der Waals surface area contributed by atoms with E-state index in [9.17, 15) is 14.0 Å². The number of aromatic nitrogens is 1. The summed E-state index contributed by atoms with van der Waals surface area (Å²) in [4.78, 5) is 27.2. The Morgan fingerprint density at radius 2 is 2.30 bits per heavy atom. The number of hydrogen-bond acceptors (Lipinski definition) is 4. The normalized spacial score (nSPS) is 32.5. The predicted octanol–water partition coefficient (Wildman–Crippen LogP) is -0.133. The summed E-state index contributed by atoms with van der Waals surface area (Å²) in [5.74, 6) is -1.32. The molecule has 20 heavy (non-hydrogen) atoms. The molecule has 0 saturated carbocycles. The molecule has 2 atom stereocenters. The lowest BCUT2D eigenvalue weighted by atomic mass is 9.72. The van der Waals surface area contributed by atoms with Crippen LogP contribution in [0.2, 0.25) is 0 Å². The van der Waals surface area contributed by atoms with Gasteiger partial charge in [-0.05, 0) is 18.9 Å². The summed E-state index contributed by atoms with van der Waals surface area (Å²) in [6.07, 6.45) is 1.60. The fourth-order valence-corrected chi connectivity index (χ4v) is 2.92. The van der Waals surface area contributed by atoms with E-state index in [2.05, 4.69) is 10.3 Å². The lowest BCUT2D eigenvalue weighted by molar-refractivity contribution is -0.139. The zero-order chi connectivity index (χ0) is 14.4. The molecule has 1 aliphatic heterocycles. The number of halogens is 1. The Balaban J connectivity index is 2.14. The highest BCUT2D eigenvalue weighted by molar-refractivity contribution is 5.86. The second-order valence-corrected chi connectivity index (χ2v) is 5.19. The van der Waals surface area contributed by atoms with Crippen LogP contribution in [0.25, 0.3) is 0 Å². The first-order valence-electron chi connectivity index (χ1n) is 6.31. The fourth-order valence-electron chi connectivity index (χ4n) is 2.92. The Kier molecular flexibility index (Phi) is 2.75. The van der Waals surface area contributed by atoms with Gasteiger partial charge in [0.25, 0.3) is 5.91 Å². The minimum absolute atomic E-state index is 0.0273. The quantitative estimate of drug-likeness (QED) is 0.748. The van der Waals surface area contributed by atoms with Gasteiger partial charge in [0.1, 0.15) is 12.1 Å². The molecule has 0 aromatic carbocycles. The molecule has 1 fully saturated rings. The van der Waals surface area contributed by atoms with Crippen molar-refractivity contribution in [3.63, 3.8) is 0 Å². The van der Waals surface area contributed by atoms with E-state index in [1.165, 1.54) is 12.3 Å². The number of carbonyl (C=O) groups excluding carboxylic acids is 2. The van der Waals surface area contributed by atoms with E-state index in [4.69, 9.17) is 10.5 Å². The average molecular weight is 279 g/mol. The van der Waals surface area contributed by atoms with Gasteiger partial charge in [0, 0.05) is 11.8 Å². The fraction of sp³-hybridized carbons (Fsp3) is 0.462. The van der Waals surface area contributed by atoms with Crippen molar-refractivity contribution in [2.75, 3.05) is 13.2 Å². The number of pyridine rings is 1. The van der Waals surface area contributed by atoms with Crippen LogP contribution in [0, 0.1) is 0 Å². The van der Waals surface area contributed by atoms with E-state index in [1.54, 1.807) is 6.07 Å². The minimum atomic E-state index is -2.25. The van der Waals surface area contributed by atoms with Crippen LogP contribution in [-0.2, 0) is 25.5 Å². The van der Waals surface area contributed by atoms with Crippen molar-refractivity contribution < 1.29 is 18.7 Å². The Morgan fingerprint density at radius 1 is 1.50 bits per heavy atom. The van der Waals surface area contributed by atoms with Crippen LogP contribution in [0.5, 0.6) is 0 Å². The smallest absolute Gasteiger partial charge is 0.259 e. The lowest BCUT2D eigenvalue weighted by Gasteiger charge is -2.44. The monoisotopic (exact) mass is 279 g/mol. The summed E-state index contributed by atoms with van der Waals surface area (Å²) < 4.78 is 20.1. The van der Waals surface area contributed by atoms with Gasteiger partial charge in [-0.3, -0.25) is 14.6 Å². The van der Waals surface area contributed by atoms with Crippen LogP contribution in [0.1, 0.15) is 24.1 Å². The number of nitrogens with zero attached hydrogens (tertiary/aromatic N) is 1. The molecule has 106 valence electrons. The van der Waals surface area contributed by atoms with Crippen LogP contribution < -0.4 is 11.1 Å². The van der Waals surface area contributed by atoms with Gasteiger partial charge in [0.2, 0.25) is 11.6 Å². The first-order valence-corrected chi connectivity index (χ1v) is 6.31. The lowest BCUT2D eigenvalue weighted by Crippen LogP contribution is -2.59. The van der Waals surface area contributed by atoms with E-state index < -0.39 is 17.1 Å². The molecule has 1 aromatic heterocycles. The molecule has 3 N–H and O–H groups in total. The summed E-state index contributed by atoms with van der Waals surface area (Å²) in [7, 11) is 0. The molecular formula is C13H14FN3O3. The van der Waals surface area contributed by atoms with Crippen LogP contribution >= 0.6 is 0 Å². The van der Waals surface area contributed by atoms with Gasteiger partial charge in [-0.25, -0.2) is 4.39 Å². The third-order valence-corrected chi connectivity index (χ3v) is 3.94. The Morgan fingerprint density at radius 3 is 3.00 bits per heavy atom. The highest BCUT2D eigenvalue weighted by atomic mass is 19.1. The van der Waals surface area contributed by atoms with E-state index in [1.807, 2.05) is 0 Å². The molecule has 1 aromatic rings. The standard InChI is InChI=1S/C13H14FN3O3/c14-13(11(15)19)4-3-12(7-20-6-9(18)17-12)10-8(13)2-1-5-16-10/h1-2,5H,3-4,6-7H2,(H2,15,19)(H,17,18). The SMILES string of the molecule is NC(=O)C1(F)CCC2(COCC(=O)N2)c2ncccc21. The number of alkyl halides is 1. The molecule has 1 saturated heterocycles. The molecular weight excluding hydrogens is 265 g/mol. The zero-order valence-corrected chi connectivity index (χ0v) is 10.7. The van der Waals surface area contributed by atoms with E-state index >= 15 is 0 Å². The van der Waals surface area contributed by atoms with Crippen LogP contribution in [0.3, 0.4) is 0 Å². The van der Waals surface area contributed by atoms with Crippen molar-refractivity contribution in [3.05, 3.63) is 29.6 Å². The number of fused-ring (bicyclic) bond motifs is 2. The number of primary amides is 1. The number of carbonyl (C=O) groups is 2. The molecule has 2 aliphatic rings. The molecule has 0 bridgehead atoms. The van der Waals surface area contributed by atoms with Crippen molar-refractivity contribution in [1.82, 2.24) is 10.3 Å². The molecule has 6 nitrogen and oxygen atoms in total. The van der Waals surface area contributed by atoms with Crippen LogP contribution in [0.15, 0.2) is 18.3 Å². The first-order chi connectivity index (χ1) is 9.48. The number of hydrogen-bond donors (Lipinski definition) is 2. The maximum atomic E-state index is 14.9. The number of rotatable bonds is 1. The zero-order valence-electron chi connectivity index (χ0n) is 10.7. The highest BCUT2D eigenvalue weighted by Crippen LogP contribution is 2.45. The first kappa shape index (κ1) is 13.0. The average Bonchev–Trinajstić information content (AvgIpc) is 2.44. The number of nitrogens with two attached hydrogens (primary N) is 1. The Bertz CT molecular complexity index is 594. The Labute approximate surface area is 114 Å². The maximum absolute atomic E-state index is 14.9. The summed E-state index contributed by atoms with van der Waals surface area (Å²) in [5.41, 5.74) is 2.51. The third-order valence-electron chi connectivity index (χ3n) is 3.94. The largest absolute Gasteiger partial charge is 0.369 e. The number of ether oxygens (including phenoxy) is 1. The Hall–Kier alpha value is -2.02. The number of amides is 2. The molecule has 3 rings (SSSR count). The summed E-state index contributed by atoms with van der Waals surface area (Å²) in [5, 5.41) is 2.82. The van der Waals surface area contributed by atoms with Gasteiger partial charge in [-0.1, -0.05) is 6.07 Å². The van der Waals surface area contributed by atoms with E-state index in [-0.39, 0.29) is 37.5 Å². The summed E-state index contributed by atoms with van der Waals surface area (Å²) in [6.45, 7) is 0.179. The van der Waals surface area contributed by atoms with Gasteiger partial charge >= 0.3 is 0 Å². The molecule has 7 heteroatoms. The van der Waals surface area contributed by atoms with Crippen molar-refractivity contribution in [1.29, 1.82) is 0 Å². The third kappa shape index (κ3) is 1.70. The molecule has 2 unspecified atom stereocenters. The van der Waals surface area contributed by atoms with Crippen molar-refractivity contribution >= 4 is 11.8 Å². The molecule has 2 amide bonds. The summed E-state index contributed by atoms with van der Waals surface area (Å²) in [6, 6.07) is 3.02. The van der Waals surface area contributed by atoms with Crippen LogP contribution in [0.4, 0.5) is 4.39 Å². The molecule has 1 spiro atoms. The van der Waals surface area contributed by atoms with Crippen LogP contribution in [-0.4, -0.2) is 30.0 Å². The van der Waals surface area contributed by atoms with E-state index in [0.717, 1.165) is 0 Å². The van der Waals surface area contributed by atoms with Gasteiger partial charge in [-0.2, -0.15) is 0 Å². The minimum Gasteiger partial charge on any atom is -0.369 e. The number of nitrogens with one attached hydrogen (secondary N) is 1. The molecule has 1 aliphatic carbocycles. The van der Waals surface area contributed by atoms with Gasteiger partial charge in [-0.15, -0.1) is 0 Å². The topological polar surface area (TPSA) is 94.3 Å². The van der Waals surface area contributed by atoms with Gasteiger partial charge < -0.3 is 15.8 Å². The van der Waals surface area contributed by atoms with E-state index in [0.29, 0.717) is 5.69 Å². The predicted molar refractivity (Wildman–Crippen MR) is 66.1 cm³/mol.